The van der Waals surface area contributed by atoms with Crippen LogP contribution >= 0.6 is 0 Å². The number of hydrogen-bond donors (Lipinski definition) is 1. The van der Waals surface area contributed by atoms with E-state index in [1.165, 1.54) is 12.3 Å². The van der Waals surface area contributed by atoms with Gasteiger partial charge in [0.2, 0.25) is 0 Å². The van der Waals surface area contributed by atoms with Crippen molar-refractivity contribution in [3.63, 3.8) is 0 Å². The summed E-state index contributed by atoms with van der Waals surface area (Å²) in [7, 11) is 0. The Hall–Kier alpha value is -1.81. The minimum absolute atomic E-state index is 0.288. The van der Waals surface area contributed by atoms with Crippen LogP contribution < -0.4 is 0 Å². The van der Waals surface area contributed by atoms with Crippen LogP contribution in [0.25, 0.3) is 0 Å². The van der Waals surface area contributed by atoms with Gasteiger partial charge in [0.1, 0.15) is 5.82 Å². The van der Waals surface area contributed by atoms with Crippen molar-refractivity contribution in [3.8, 4) is 0 Å². The van der Waals surface area contributed by atoms with Crippen molar-refractivity contribution in [3.05, 3.63) is 59.9 Å². The molecule has 1 N–H and O–H groups in total. The summed E-state index contributed by atoms with van der Waals surface area (Å²) in [6.45, 7) is 0. The van der Waals surface area contributed by atoms with Gasteiger partial charge in [0.15, 0.2) is 0 Å². The Labute approximate surface area is 99.0 Å². The number of aryl methyl sites for hydroxylation is 1. The van der Waals surface area contributed by atoms with Crippen LogP contribution in [0.1, 0.15) is 23.8 Å². The Morgan fingerprint density at radius 1 is 1.24 bits per heavy atom. The summed E-state index contributed by atoms with van der Waals surface area (Å²) in [5, 5.41) is 9.87. The third-order valence-electron chi connectivity index (χ3n) is 2.56. The third-order valence-corrected chi connectivity index (χ3v) is 2.56. The molecule has 3 nitrogen and oxygen atoms in total. The molecule has 2 aromatic rings. The van der Waals surface area contributed by atoms with E-state index >= 15 is 0 Å². The van der Waals surface area contributed by atoms with E-state index in [2.05, 4.69) is 9.97 Å². The van der Waals surface area contributed by atoms with E-state index in [0.29, 0.717) is 12.8 Å². The lowest BCUT2D eigenvalue weighted by molar-refractivity contribution is 0.162. The van der Waals surface area contributed by atoms with Crippen LogP contribution in [0.3, 0.4) is 0 Å². The van der Waals surface area contributed by atoms with Gasteiger partial charge in [-0.05, 0) is 31.0 Å². The predicted octanol–water partition coefficient (Wildman–Crippen LogP) is 2.28. The first-order valence-corrected chi connectivity index (χ1v) is 5.45. The summed E-state index contributed by atoms with van der Waals surface area (Å²) in [4.78, 5) is 7.80. The molecular weight excluding hydrogens is 219 g/mol. The van der Waals surface area contributed by atoms with Gasteiger partial charge in [0, 0.05) is 23.7 Å². The number of rotatable bonds is 4. The topological polar surface area (TPSA) is 46.0 Å². The van der Waals surface area contributed by atoms with Gasteiger partial charge in [0.05, 0.1) is 12.3 Å². The number of nitrogens with zero attached hydrogens (tertiary/aromatic N) is 2. The molecule has 0 fully saturated rings. The van der Waals surface area contributed by atoms with Crippen LogP contribution in [-0.2, 0) is 6.42 Å². The average molecular weight is 232 g/mol. The van der Waals surface area contributed by atoms with Crippen LogP contribution in [0, 0.1) is 5.82 Å². The molecule has 0 aliphatic heterocycles. The molecule has 0 amide bonds. The fourth-order valence-electron chi connectivity index (χ4n) is 1.64. The highest BCUT2D eigenvalue weighted by Crippen LogP contribution is 2.20. The van der Waals surface area contributed by atoms with Gasteiger partial charge in [-0.3, -0.25) is 9.97 Å². The van der Waals surface area contributed by atoms with Crippen LogP contribution in [0.2, 0.25) is 0 Å². The third kappa shape index (κ3) is 3.07. The maximum atomic E-state index is 13.3. The van der Waals surface area contributed by atoms with E-state index in [-0.39, 0.29) is 5.56 Å². The number of aliphatic hydroxyl groups excluding tert-OH is 1. The number of pyridine rings is 2. The second-order valence-electron chi connectivity index (χ2n) is 3.77. The molecule has 2 heterocycles. The standard InChI is InChI=1S/C13H13FN2O/c14-12-9-15-8-6-11(12)13(17)5-4-10-3-1-2-7-16-10/h1-3,6-9,13,17H,4-5H2. The largest absolute Gasteiger partial charge is 0.388 e. The van der Waals surface area contributed by atoms with E-state index in [4.69, 9.17) is 0 Å². The highest BCUT2D eigenvalue weighted by atomic mass is 19.1. The first kappa shape index (κ1) is 11.7. The lowest BCUT2D eigenvalue weighted by Gasteiger charge is -2.10. The molecule has 2 rings (SSSR count). The predicted molar refractivity (Wildman–Crippen MR) is 61.7 cm³/mol. The summed E-state index contributed by atoms with van der Waals surface area (Å²) in [5.41, 5.74) is 1.18. The molecule has 0 saturated carbocycles. The minimum atomic E-state index is -0.819. The molecule has 1 atom stereocenters. The Kier molecular flexibility index (Phi) is 3.77. The SMILES string of the molecule is OC(CCc1ccccn1)c1ccncc1F. The van der Waals surface area contributed by atoms with E-state index in [9.17, 15) is 9.50 Å². The van der Waals surface area contributed by atoms with Gasteiger partial charge in [-0.1, -0.05) is 6.07 Å². The number of aromatic nitrogens is 2. The lowest BCUT2D eigenvalue weighted by atomic mass is 10.0. The Morgan fingerprint density at radius 3 is 2.82 bits per heavy atom. The van der Waals surface area contributed by atoms with Crippen LogP contribution in [0.15, 0.2) is 42.9 Å². The number of halogens is 1. The van der Waals surface area contributed by atoms with E-state index in [1.807, 2.05) is 18.2 Å². The highest BCUT2D eigenvalue weighted by Gasteiger charge is 2.12. The maximum absolute atomic E-state index is 13.3. The maximum Gasteiger partial charge on any atom is 0.147 e. The Balaban J connectivity index is 1.99. The summed E-state index contributed by atoms with van der Waals surface area (Å²) in [5.74, 6) is -0.471. The molecule has 88 valence electrons. The monoisotopic (exact) mass is 232 g/mol. The molecule has 0 bridgehead atoms. The zero-order valence-electron chi connectivity index (χ0n) is 9.25. The normalized spacial score (nSPS) is 12.4. The van der Waals surface area contributed by atoms with Crippen molar-refractivity contribution in [2.24, 2.45) is 0 Å². The smallest absolute Gasteiger partial charge is 0.147 e. The van der Waals surface area contributed by atoms with Gasteiger partial charge in [-0.25, -0.2) is 4.39 Å². The van der Waals surface area contributed by atoms with Crippen molar-refractivity contribution in [1.29, 1.82) is 0 Å². The molecule has 0 aliphatic carbocycles. The van der Waals surface area contributed by atoms with Gasteiger partial charge >= 0.3 is 0 Å². The fraction of sp³-hybridized carbons (Fsp3) is 0.231. The molecule has 1 unspecified atom stereocenters. The van der Waals surface area contributed by atoms with E-state index in [1.54, 1.807) is 6.20 Å². The summed E-state index contributed by atoms with van der Waals surface area (Å²) in [6.07, 6.45) is 4.53. The fourth-order valence-corrected chi connectivity index (χ4v) is 1.64. The quantitative estimate of drug-likeness (QED) is 0.879. The zero-order chi connectivity index (χ0) is 12.1. The molecule has 0 saturated heterocycles. The Morgan fingerprint density at radius 2 is 2.12 bits per heavy atom. The van der Waals surface area contributed by atoms with Crippen LogP contribution in [-0.4, -0.2) is 15.1 Å². The second kappa shape index (κ2) is 5.50. The van der Waals surface area contributed by atoms with E-state index in [0.717, 1.165) is 11.9 Å². The molecule has 0 spiro atoms. The van der Waals surface area contributed by atoms with Crippen molar-refractivity contribution >= 4 is 0 Å². The molecule has 2 aromatic heterocycles. The molecule has 17 heavy (non-hydrogen) atoms. The first-order chi connectivity index (χ1) is 8.27. The number of aliphatic hydroxyl groups is 1. The summed E-state index contributed by atoms with van der Waals surface area (Å²) < 4.78 is 13.3. The van der Waals surface area contributed by atoms with Crippen LogP contribution in [0.4, 0.5) is 4.39 Å². The number of hydrogen-bond acceptors (Lipinski definition) is 3. The van der Waals surface area contributed by atoms with Crippen LogP contribution in [0.5, 0.6) is 0 Å². The molecule has 4 heteroatoms. The first-order valence-electron chi connectivity index (χ1n) is 5.45. The minimum Gasteiger partial charge on any atom is -0.388 e. The second-order valence-corrected chi connectivity index (χ2v) is 3.77. The molecule has 0 aromatic carbocycles. The summed E-state index contributed by atoms with van der Waals surface area (Å²) in [6, 6.07) is 7.11. The van der Waals surface area contributed by atoms with Crippen molar-refractivity contribution < 1.29 is 9.50 Å². The van der Waals surface area contributed by atoms with Crippen molar-refractivity contribution in [1.82, 2.24) is 9.97 Å². The Bertz CT molecular complexity index is 476. The lowest BCUT2D eigenvalue weighted by Crippen LogP contribution is -2.03. The zero-order valence-corrected chi connectivity index (χ0v) is 9.25. The van der Waals surface area contributed by atoms with Crippen molar-refractivity contribution in [2.75, 3.05) is 0 Å². The molecule has 0 radical (unpaired) electrons. The van der Waals surface area contributed by atoms with Gasteiger partial charge < -0.3 is 5.11 Å². The van der Waals surface area contributed by atoms with Crippen molar-refractivity contribution in [2.45, 2.75) is 18.9 Å². The highest BCUT2D eigenvalue weighted by molar-refractivity contribution is 5.16. The molecule has 0 aliphatic rings. The average Bonchev–Trinajstić information content (AvgIpc) is 2.38. The van der Waals surface area contributed by atoms with Gasteiger partial charge in [-0.2, -0.15) is 0 Å². The molecular formula is C13H13FN2O. The van der Waals surface area contributed by atoms with Gasteiger partial charge in [-0.15, -0.1) is 0 Å². The van der Waals surface area contributed by atoms with Gasteiger partial charge in [0.25, 0.3) is 0 Å². The van der Waals surface area contributed by atoms with E-state index < -0.39 is 11.9 Å². The summed E-state index contributed by atoms with van der Waals surface area (Å²) >= 11 is 0.